The van der Waals surface area contributed by atoms with Crippen molar-refractivity contribution in [3.05, 3.63) is 84.0 Å². The number of nitrogens with zero attached hydrogens (tertiary/aromatic N) is 2. The zero-order valence-corrected chi connectivity index (χ0v) is 17.6. The van der Waals surface area contributed by atoms with E-state index < -0.39 is 0 Å². The van der Waals surface area contributed by atoms with Crippen LogP contribution in [-0.4, -0.2) is 9.97 Å². The maximum atomic E-state index is 4.71. The standard InChI is InChI=1S/C26H22N2S/c1-26(2,3)22-15-20(14-18-6-4-5-7-21(18)22)23-16-19(9-11-27-23)24-25-17(8-12-28-24)10-13-29-25/h4-16H,1-3H3. The summed E-state index contributed by atoms with van der Waals surface area (Å²) in [6.07, 6.45) is 3.78. The van der Waals surface area contributed by atoms with E-state index >= 15 is 0 Å². The molecule has 3 heterocycles. The molecule has 0 unspecified atom stereocenters. The van der Waals surface area contributed by atoms with Gasteiger partial charge in [-0.25, -0.2) is 0 Å². The number of hydrogen-bond donors (Lipinski definition) is 0. The molecule has 2 aromatic carbocycles. The number of fused-ring (bicyclic) bond motifs is 2. The Morgan fingerprint density at radius 3 is 2.45 bits per heavy atom. The van der Waals surface area contributed by atoms with Crippen molar-refractivity contribution in [2.75, 3.05) is 0 Å². The summed E-state index contributed by atoms with van der Waals surface area (Å²) in [5, 5.41) is 5.92. The van der Waals surface area contributed by atoms with E-state index in [1.807, 2.05) is 12.4 Å². The molecule has 0 aliphatic heterocycles. The van der Waals surface area contributed by atoms with Crippen LogP contribution in [0.1, 0.15) is 26.3 Å². The van der Waals surface area contributed by atoms with E-state index in [0.29, 0.717) is 0 Å². The third kappa shape index (κ3) is 3.22. The van der Waals surface area contributed by atoms with Crippen LogP contribution in [-0.2, 0) is 5.41 Å². The Kier molecular flexibility index (Phi) is 4.21. The van der Waals surface area contributed by atoms with Crippen LogP contribution in [0.25, 0.3) is 43.4 Å². The molecule has 0 amide bonds. The number of hydrogen-bond acceptors (Lipinski definition) is 3. The van der Waals surface area contributed by atoms with E-state index in [1.54, 1.807) is 11.3 Å². The van der Waals surface area contributed by atoms with Crippen molar-refractivity contribution < 1.29 is 0 Å². The van der Waals surface area contributed by atoms with Gasteiger partial charge in [0.25, 0.3) is 0 Å². The lowest BCUT2D eigenvalue weighted by Crippen LogP contribution is -2.12. The Morgan fingerprint density at radius 2 is 1.59 bits per heavy atom. The summed E-state index contributed by atoms with van der Waals surface area (Å²) in [4.78, 5) is 9.38. The Labute approximate surface area is 174 Å². The number of pyridine rings is 2. The summed E-state index contributed by atoms with van der Waals surface area (Å²) in [6, 6.07) is 21.6. The fourth-order valence-corrected chi connectivity index (χ4v) is 4.82. The molecule has 0 fully saturated rings. The van der Waals surface area contributed by atoms with Crippen LogP contribution in [0.4, 0.5) is 0 Å². The van der Waals surface area contributed by atoms with Crippen molar-refractivity contribution in [2.24, 2.45) is 0 Å². The Balaban J connectivity index is 1.70. The lowest BCUT2D eigenvalue weighted by Gasteiger charge is -2.22. The minimum Gasteiger partial charge on any atom is -0.256 e. The van der Waals surface area contributed by atoms with Gasteiger partial charge in [0.2, 0.25) is 0 Å². The van der Waals surface area contributed by atoms with Gasteiger partial charge in [-0.15, -0.1) is 11.3 Å². The summed E-state index contributed by atoms with van der Waals surface area (Å²) in [7, 11) is 0. The van der Waals surface area contributed by atoms with Gasteiger partial charge in [0.1, 0.15) is 0 Å². The Bertz CT molecular complexity index is 1340. The first kappa shape index (κ1) is 18.0. The quantitative estimate of drug-likeness (QED) is 0.310. The fourth-order valence-electron chi connectivity index (χ4n) is 3.91. The van der Waals surface area contributed by atoms with E-state index in [-0.39, 0.29) is 5.41 Å². The molecule has 142 valence electrons. The Morgan fingerprint density at radius 1 is 0.759 bits per heavy atom. The first-order valence-electron chi connectivity index (χ1n) is 9.83. The highest BCUT2D eigenvalue weighted by atomic mass is 32.1. The van der Waals surface area contributed by atoms with Crippen molar-refractivity contribution in [1.29, 1.82) is 0 Å². The van der Waals surface area contributed by atoms with Crippen molar-refractivity contribution in [1.82, 2.24) is 9.97 Å². The smallest absolute Gasteiger partial charge is 0.0881 e. The van der Waals surface area contributed by atoms with E-state index in [0.717, 1.165) is 22.5 Å². The van der Waals surface area contributed by atoms with E-state index in [2.05, 4.69) is 91.8 Å². The predicted molar refractivity (Wildman–Crippen MR) is 124 cm³/mol. The number of thiophene rings is 1. The van der Waals surface area contributed by atoms with Gasteiger partial charge in [-0.05, 0) is 68.9 Å². The third-order valence-electron chi connectivity index (χ3n) is 5.37. The van der Waals surface area contributed by atoms with Gasteiger partial charge in [0.05, 0.1) is 16.1 Å². The highest BCUT2D eigenvalue weighted by Gasteiger charge is 2.19. The second-order valence-corrected chi connectivity index (χ2v) is 9.34. The van der Waals surface area contributed by atoms with Crippen LogP contribution in [0.5, 0.6) is 0 Å². The first-order chi connectivity index (χ1) is 14.0. The predicted octanol–water partition coefficient (Wildman–Crippen LogP) is 7.48. The van der Waals surface area contributed by atoms with Crippen LogP contribution in [0.2, 0.25) is 0 Å². The van der Waals surface area contributed by atoms with Crippen molar-refractivity contribution in [3.63, 3.8) is 0 Å². The van der Waals surface area contributed by atoms with Crippen LogP contribution in [0.15, 0.2) is 78.4 Å². The fraction of sp³-hybridized carbons (Fsp3) is 0.154. The minimum absolute atomic E-state index is 0.0529. The molecule has 29 heavy (non-hydrogen) atoms. The largest absolute Gasteiger partial charge is 0.256 e. The van der Waals surface area contributed by atoms with Crippen molar-refractivity contribution in [3.8, 4) is 22.5 Å². The van der Waals surface area contributed by atoms with Crippen molar-refractivity contribution in [2.45, 2.75) is 26.2 Å². The topological polar surface area (TPSA) is 25.8 Å². The van der Waals surface area contributed by atoms with Gasteiger partial charge < -0.3 is 0 Å². The number of rotatable bonds is 2. The average Bonchev–Trinajstić information content (AvgIpc) is 3.21. The first-order valence-corrected chi connectivity index (χ1v) is 10.7. The molecular weight excluding hydrogens is 372 g/mol. The molecule has 0 N–H and O–H groups in total. The Hall–Kier alpha value is -3.04. The van der Waals surface area contributed by atoms with Gasteiger partial charge in [0, 0.05) is 23.5 Å². The number of benzene rings is 2. The summed E-state index contributed by atoms with van der Waals surface area (Å²) in [5.74, 6) is 0. The lowest BCUT2D eigenvalue weighted by atomic mass is 9.82. The van der Waals surface area contributed by atoms with Crippen molar-refractivity contribution >= 4 is 32.2 Å². The summed E-state index contributed by atoms with van der Waals surface area (Å²) in [5.41, 5.74) is 5.66. The molecule has 0 saturated carbocycles. The molecule has 2 nitrogen and oxygen atoms in total. The molecule has 3 aromatic heterocycles. The maximum absolute atomic E-state index is 4.71. The summed E-state index contributed by atoms with van der Waals surface area (Å²) < 4.78 is 1.22. The van der Waals surface area contributed by atoms with Gasteiger partial charge in [-0.2, -0.15) is 0 Å². The summed E-state index contributed by atoms with van der Waals surface area (Å²) >= 11 is 1.74. The minimum atomic E-state index is 0.0529. The molecule has 0 bridgehead atoms. The van der Waals surface area contributed by atoms with Gasteiger partial charge >= 0.3 is 0 Å². The van der Waals surface area contributed by atoms with Crippen LogP contribution < -0.4 is 0 Å². The molecule has 5 rings (SSSR count). The van der Waals surface area contributed by atoms with E-state index in [9.17, 15) is 0 Å². The zero-order chi connectivity index (χ0) is 20.0. The number of aromatic nitrogens is 2. The van der Waals surface area contributed by atoms with Gasteiger partial charge in [-0.1, -0.05) is 45.0 Å². The molecule has 3 heteroatoms. The average molecular weight is 395 g/mol. The maximum Gasteiger partial charge on any atom is 0.0881 e. The van der Waals surface area contributed by atoms with Crippen LogP contribution in [0, 0.1) is 0 Å². The van der Waals surface area contributed by atoms with E-state index in [1.165, 1.54) is 26.4 Å². The third-order valence-corrected chi connectivity index (χ3v) is 6.30. The van der Waals surface area contributed by atoms with Crippen LogP contribution in [0.3, 0.4) is 0 Å². The molecule has 5 aromatic rings. The molecular formula is C26H22N2S. The second-order valence-electron chi connectivity index (χ2n) is 8.42. The van der Waals surface area contributed by atoms with Crippen LogP contribution >= 0.6 is 11.3 Å². The molecule has 0 atom stereocenters. The normalized spacial score (nSPS) is 12.0. The highest BCUT2D eigenvalue weighted by molar-refractivity contribution is 7.17. The molecule has 0 aliphatic carbocycles. The van der Waals surface area contributed by atoms with E-state index in [4.69, 9.17) is 4.98 Å². The molecule has 0 spiro atoms. The van der Waals surface area contributed by atoms with Gasteiger partial charge in [-0.3, -0.25) is 9.97 Å². The zero-order valence-electron chi connectivity index (χ0n) is 16.8. The summed E-state index contributed by atoms with van der Waals surface area (Å²) in [6.45, 7) is 6.80. The molecule has 0 radical (unpaired) electrons. The second kappa shape index (κ2) is 6.78. The highest BCUT2D eigenvalue weighted by Crippen LogP contribution is 2.36. The van der Waals surface area contributed by atoms with Gasteiger partial charge in [0.15, 0.2) is 0 Å². The molecule has 0 aliphatic rings. The lowest BCUT2D eigenvalue weighted by molar-refractivity contribution is 0.596. The monoisotopic (exact) mass is 394 g/mol. The SMILES string of the molecule is CC(C)(C)c1cc(-c2cc(-c3nccc4ccsc34)ccn2)cc2ccccc12. The molecule has 0 saturated heterocycles.